The predicted molar refractivity (Wildman–Crippen MR) is 93.5 cm³/mol. The number of nitrogens with zero attached hydrogens (tertiary/aromatic N) is 1. The molecular formula is C18H25N3O3. The van der Waals surface area contributed by atoms with Crippen LogP contribution in [0.15, 0.2) is 29.1 Å². The summed E-state index contributed by atoms with van der Waals surface area (Å²) in [7, 11) is 1.64. The summed E-state index contributed by atoms with van der Waals surface area (Å²) in [6, 6.07) is 7.31. The molecule has 0 amide bonds. The Morgan fingerprint density at radius 3 is 2.83 bits per heavy atom. The van der Waals surface area contributed by atoms with Gasteiger partial charge in [-0.15, -0.1) is 0 Å². The van der Waals surface area contributed by atoms with Crippen LogP contribution in [0.1, 0.15) is 36.8 Å². The molecule has 1 heterocycles. The molecule has 24 heavy (non-hydrogen) atoms. The first-order valence-electron chi connectivity index (χ1n) is 8.20. The van der Waals surface area contributed by atoms with Crippen molar-refractivity contribution in [3.05, 3.63) is 51.7 Å². The quantitative estimate of drug-likeness (QED) is 0.691. The van der Waals surface area contributed by atoms with Crippen molar-refractivity contribution >= 4 is 0 Å². The van der Waals surface area contributed by atoms with Crippen molar-refractivity contribution in [2.24, 2.45) is 0 Å². The summed E-state index contributed by atoms with van der Waals surface area (Å²) in [5.41, 5.74) is 1.59. The molecule has 2 rings (SSSR count). The number of unbranched alkanes of at least 4 members (excludes halogenated alkanes) is 1. The van der Waals surface area contributed by atoms with E-state index in [4.69, 9.17) is 9.47 Å². The second-order valence-corrected chi connectivity index (χ2v) is 5.59. The van der Waals surface area contributed by atoms with E-state index in [1.54, 1.807) is 14.0 Å². The van der Waals surface area contributed by atoms with Crippen LogP contribution in [-0.4, -0.2) is 23.7 Å². The van der Waals surface area contributed by atoms with Gasteiger partial charge in [0, 0.05) is 23.9 Å². The van der Waals surface area contributed by atoms with Gasteiger partial charge in [-0.25, -0.2) is 4.98 Å². The maximum Gasteiger partial charge on any atom is 0.251 e. The number of aryl methyl sites for hydroxylation is 1. The third-order valence-corrected chi connectivity index (χ3v) is 3.55. The summed E-state index contributed by atoms with van der Waals surface area (Å²) in [6.07, 6.45) is 2.08. The molecule has 6 heteroatoms. The lowest BCUT2D eigenvalue weighted by Crippen LogP contribution is -2.19. The number of aromatic amines is 1. The first kappa shape index (κ1) is 18.0. The molecule has 1 aromatic heterocycles. The van der Waals surface area contributed by atoms with Gasteiger partial charge in [0.2, 0.25) is 0 Å². The Bertz CT molecular complexity index is 713. The van der Waals surface area contributed by atoms with Gasteiger partial charge in [0.05, 0.1) is 20.3 Å². The molecule has 0 radical (unpaired) electrons. The first-order chi connectivity index (χ1) is 11.6. The summed E-state index contributed by atoms with van der Waals surface area (Å²) < 4.78 is 11.3. The fourth-order valence-corrected chi connectivity index (χ4v) is 2.38. The zero-order chi connectivity index (χ0) is 17.4. The van der Waals surface area contributed by atoms with Gasteiger partial charge in [-0.1, -0.05) is 25.5 Å². The number of H-pyrrole nitrogens is 1. The number of aromatic nitrogens is 2. The molecule has 1 aromatic carbocycles. The predicted octanol–water partition coefficient (Wildman–Crippen LogP) is 2.56. The van der Waals surface area contributed by atoms with E-state index < -0.39 is 0 Å². The van der Waals surface area contributed by atoms with Gasteiger partial charge < -0.3 is 19.8 Å². The monoisotopic (exact) mass is 331 g/mol. The third-order valence-electron chi connectivity index (χ3n) is 3.55. The van der Waals surface area contributed by atoms with Crippen LogP contribution in [0.4, 0.5) is 0 Å². The summed E-state index contributed by atoms with van der Waals surface area (Å²) in [6.45, 7) is 5.67. The van der Waals surface area contributed by atoms with Crippen molar-refractivity contribution < 1.29 is 9.47 Å². The number of para-hydroxylation sites is 1. The Labute approximate surface area is 142 Å². The number of ether oxygens (including phenoxy) is 2. The van der Waals surface area contributed by atoms with Gasteiger partial charge in [-0.2, -0.15) is 0 Å². The summed E-state index contributed by atoms with van der Waals surface area (Å²) in [4.78, 5) is 18.5. The molecule has 0 aliphatic rings. The van der Waals surface area contributed by atoms with Crippen molar-refractivity contribution in [2.45, 2.75) is 39.8 Å². The highest BCUT2D eigenvalue weighted by atomic mass is 16.5. The van der Waals surface area contributed by atoms with E-state index in [0.717, 1.165) is 29.9 Å². The summed E-state index contributed by atoms with van der Waals surface area (Å²) in [5, 5.41) is 3.29. The number of benzene rings is 1. The number of methoxy groups -OCH3 is 1. The van der Waals surface area contributed by atoms with Crippen molar-refractivity contribution in [3.63, 3.8) is 0 Å². The molecular weight excluding hydrogens is 306 g/mol. The number of rotatable bonds is 9. The second kappa shape index (κ2) is 9.08. The van der Waals surface area contributed by atoms with Gasteiger partial charge in [0.1, 0.15) is 5.82 Å². The topological polar surface area (TPSA) is 76.2 Å². The fraction of sp³-hybridized carbons (Fsp3) is 0.444. The molecule has 0 fully saturated rings. The lowest BCUT2D eigenvalue weighted by Gasteiger charge is -2.15. The van der Waals surface area contributed by atoms with E-state index >= 15 is 0 Å². The highest BCUT2D eigenvalue weighted by Crippen LogP contribution is 2.31. The molecule has 0 aliphatic heterocycles. The minimum atomic E-state index is -0.135. The molecule has 0 spiro atoms. The maximum atomic E-state index is 11.5. The van der Waals surface area contributed by atoms with Gasteiger partial charge in [-0.3, -0.25) is 4.79 Å². The zero-order valence-electron chi connectivity index (χ0n) is 14.5. The van der Waals surface area contributed by atoms with Crippen LogP contribution in [0.25, 0.3) is 0 Å². The average Bonchev–Trinajstić information content (AvgIpc) is 2.55. The molecule has 0 unspecified atom stereocenters. The Balaban J connectivity index is 2.04. The Morgan fingerprint density at radius 2 is 2.12 bits per heavy atom. The highest BCUT2D eigenvalue weighted by molar-refractivity contribution is 5.46. The van der Waals surface area contributed by atoms with E-state index in [2.05, 4.69) is 22.2 Å². The fourth-order valence-electron chi connectivity index (χ4n) is 2.38. The van der Waals surface area contributed by atoms with Crippen molar-refractivity contribution in [1.29, 1.82) is 0 Å². The molecule has 0 saturated carbocycles. The van der Waals surface area contributed by atoms with Crippen LogP contribution in [-0.2, 0) is 13.1 Å². The minimum Gasteiger partial charge on any atom is -0.493 e. The van der Waals surface area contributed by atoms with Crippen molar-refractivity contribution in [2.75, 3.05) is 13.7 Å². The molecule has 2 N–H and O–H groups in total. The molecule has 6 nitrogen and oxygen atoms in total. The van der Waals surface area contributed by atoms with Crippen LogP contribution in [0.2, 0.25) is 0 Å². The lowest BCUT2D eigenvalue weighted by atomic mass is 10.2. The van der Waals surface area contributed by atoms with E-state index in [0.29, 0.717) is 31.2 Å². The maximum absolute atomic E-state index is 11.5. The first-order valence-corrected chi connectivity index (χ1v) is 8.20. The average molecular weight is 331 g/mol. The summed E-state index contributed by atoms with van der Waals surface area (Å²) >= 11 is 0. The Hall–Kier alpha value is -2.34. The van der Waals surface area contributed by atoms with Crippen LogP contribution >= 0.6 is 0 Å². The molecule has 0 atom stereocenters. The van der Waals surface area contributed by atoms with Gasteiger partial charge >= 0.3 is 0 Å². The molecule has 0 aliphatic carbocycles. The number of nitrogens with one attached hydrogen (secondary N) is 2. The van der Waals surface area contributed by atoms with Crippen molar-refractivity contribution in [1.82, 2.24) is 15.3 Å². The van der Waals surface area contributed by atoms with E-state index in [-0.39, 0.29) is 5.56 Å². The van der Waals surface area contributed by atoms with E-state index in [9.17, 15) is 4.79 Å². The van der Waals surface area contributed by atoms with E-state index in [1.165, 1.54) is 6.07 Å². The second-order valence-electron chi connectivity index (χ2n) is 5.59. The number of hydrogen-bond donors (Lipinski definition) is 2. The smallest absolute Gasteiger partial charge is 0.251 e. The molecule has 0 bridgehead atoms. The molecule has 130 valence electrons. The van der Waals surface area contributed by atoms with Crippen LogP contribution in [0.5, 0.6) is 11.5 Å². The number of hydrogen-bond acceptors (Lipinski definition) is 5. The Morgan fingerprint density at radius 1 is 1.29 bits per heavy atom. The molecule has 2 aromatic rings. The van der Waals surface area contributed by atoms with Gasteiger partial charge in [0.25, 0.3) is 5.56 Å². The zero-order valence-corrected chi connectivity index (χ0v) is 14.5. The Kier molecular flexibility index (Phi) is 6.81. The van der Waals surface area contributed by atoms with Crippen molar-refractivity contribution in [3.8, 4) is 11.5 Å². The van der Waals surface area contributed by atoms with Crippen LogP contribution in [0, 0.1) is 6.92 Å². The molecule has 0 saturated heterocycles. The minimum absolute atomic E-state index is 0.135. The third kappa shape index (κ3) is 5.09. The standard InChI is InChI=1S/C18H25N3O3/c1-4-5-9-24-18-14(7-6-8-15(18)23-3)11-19-12-16-20-13(2)10-17(22)21-16/h6-8,10,19H,4-5,9,11-12H2,1-3H3,(H,20,21,22). The van der Waals surface area contributed by atoms with Gasteiger partial charge in [0.15, 0.2) is 11.5 Å². The van der Waals surface area contributed by atoms with E-state index in [1.807, 2.05) is 18.2 Å². The van der Waals surface area contributed by atoms with Gasteiger partial charge in [-0.05, 0) is 19.4 Å². The van der Waals surface area contributed by atoms with Crippen LogP contribution in [0.3, 0.4) is 0 Å². The van der Waals surface area contributed by atoms with Crippen LogP contribution < -0.4 is 20.3 Å². The lowest BCUT2D eigenvalue weighted by molar-refractivity contribution is 0.284. The SMILES string of the molecule is CCCCOc1c(CNCc2nc(C)cc(=O)[nH]2)cccc1OC. The largest absolute Gasteiger partial charge is 0.493 e. The highest BCUT2D eigenvalue weighted by Gasteiger charge is 2.10. The normalized spacial score (nSPS) is 10.6. The summed E-state index contributed by atoms with van der Waals surface area (Å²) in [5.74, 6) is 2.12.